The standard InChI is InChI=1S/C13H18N4O3/c1-16(10-7-20-8-10)9-5-17(6-9)12-11(13(18)19-2)14-3-4-15-12/h3-4,9-10H,5-8H2,1-2H3. The molecule has 0 aromatic carbocycles. The van der Waals surface area contributed by atoms with Crippen molar-refractivity contribution in [3.8, 4) is 0 Å². The van der Waals surface area contributed by atoms with E-state index < -0.39 is 5.97 Å². The van der Waals surface area contributed by atoms with Gasteiger partial charge in [-0.2, -0.15) is 0 Å². The van der Waals surface area contributed by atoms with E-state index in [9.17, 15) is 4.79 Å². The van der Waals surface area contributed by atoms with Crippen molar-refractivity contribution >= 4 is 11.8 Å². The molecule has 108 valence electrons. The van der Waals surface area contributed by atoms with Crippen molar-refractivity contribution in [3.05, 3.63) is 18.1 Å². The summed E-state index contributed by atoms with van der Waals surface area (Å²) in [6.07, 6.45) is 3.10. The summed E-state index contributed by atoms with van der Waals surface area (Å²) in [5, 5.41) is 0. The van der Waals surface area contributed by atoms with Crippen LogP contribution in [0.4, 0.5) is 5.82 Å². The molecule has 0 unspecified atom stereocenters. The smallest absolute Gasteiger partial charge is 0.360 e. The van der Waals surface area contributed by atoms with Gasteiger partial charge >= 0.3 is 5.97 Å². The largest absolute Gasteiger partial charge is 0.464 e. The lowest BCUT2D eigenvalue weighted by Gasteiger charge is -2.49. The minimum Gasteiger partial charge on any atom is -0.464 e. The lowest BCUT2D eigenvalue weighted by Crippen LogP contribution is -2.64. The first-order valence-electron chi connectivity index (χ1n) is 6.64. The van der Waals surface area contributed by atoms with E-state index in [0.717, 1.165) is 26.3 Å². The van der Waals surface area contributed by atoms with Crippen LogP contribution in [0, 0.1) is 0 Å². The topological polar surface area (TPSA) is 67.8 Å². The predicted molar refractivity (Wildman–Crippen MR) is 71.7 cm³/mol. The maximum absolute atomic E-state index is 11.7. The number of hydrogen-bond acceptors (Lipinski definition) is 7. The number of likely N-dealkylation sites (N-methyl/N-ethyl adjacent to an activating group) is 1. The van der Waals surface area contributed by atoms with Gasteiger partial charge in [-0.15, -0.1) is 0 Å². The maximum atomic E-state index is 11.7. The van der Waals surface area contributed by atoms with Crippen LogP contribution in [0.1, 0.15) is 10.5 Å². The van der Waals surface area contributed by atoms with E-state index >= 15 is 0 Å². The number of aromatic nitrogens is 2. The van der Waals surface area contributed by atoms with E-state index in [4.69, 9.17) is 9.47 Å². The second-order valence-corrected chi connectivity index (χ2v) is 5.14. The zero-order valence-corrected chi connectivity index (χ0v) is 11.7. The fourth-order valence-electron chi connectivity index (χ4n) is 2.45. The summed E-state index contributed by atoms with van der Waals surface area (Å²) in [5.41, 5.74) is 0.281. The highest BCUT2D eigenvalue weighted by Crippen LogP contribution is 2.26. The van der Waals surface area contributed by atoms with Gasteiger partial charge in [-0.3, -0.25) is 4.90 Å². The summed E-state index contributed by atoms with van der Waals surface area (Å²) in [7, 11) is 3.47. The molecule has 2 aliphatic heterocycles. The highest BCUT2D eigenvalue weighted by atomic mass is 16.5. The van der Waals surface area contributed by atoms with E-state index in [0.29, 0.717) is 17.9 Å². The Bertz CT molecular complexity index is 500. The molecule has 3 rings (SSSR count). The van der Waals surface area contributed by atoms with E-state index in [1.165, 1.54) is 13.3 Å². The molecule has 0 amide bonds. The Morgan fingerprint density at radius 1 is 1.35 bits per heavy atom. The second-order valence-electron chi connectivity index (χ2n) is 5.14. The first-order valence-corrected chi connectivity index (χ1v) is 6.64. The molecule has 0 radical (unpaired) electrons. The van der Waals surface area contributed by atoms with Gasteiger partial charge in [-0.25, -0.2) is 14.8 Å². The van der Waals surface area contributed by atoms with Gasteiger partial charge in [0.05, 0.1) is 26.4 Å². The minimum atomic E-state index is -0.447. The van der Waals surface area contributed by atoms with E-state index in [1.807, 2.05) is 0 Å². The number of esters is 1. The van der Waals surface area contributed by atoms with Crippen LogP contribution in [0.3, 0.4) is 0 Å². The van der Waals surface area contributed by atoms with Crippen molar-refractivity contribution in [3.63, 3.8) is 0 Å². The van der Waals surface area contributed by atoms with Crippen molar-refractivity contribution in [2.75, 3.05) is 45.4 Å². The monoisotopic (exact) mass is 278 g/mol. The van der Waals surface area contributed by atoms with Gasteiger partial charge in [-0.1, -0.05) is 0 Å². The van der Waals surface area contributed by atoms with Gasteiger partial charge in [0.1, 0.15) is 0 Å². The molecule has 3 heterocycles. The summed E-state index contributed by atoms with van der Waals surface area (Å²) in [5.74, 6) is 0.158. The van der Waals surface area contributed by atoms with Crippen LogP contribution in [0.25, 0.3) is 0 Å². The third-order valence-corrected chi connectivity index (χ3v) is 3.99. The zero-order valence-electron chi connectivity index (χ0n) is 11.7. The fraction of sp³-hybridized carbons (Fsp3) is 0.615. The summed E-state index contributed by atoms with van der Waals surface area (Å²) in [6, 6.07) is 0.987. The number of ether oxygens (including phenoxy) is 2. The van der Waals surface area contributed by atoms with E-state index in [-0.39, 0.29) is 5.69 Å². The van der Waals surface area contributed by atoms with Crippen molar-refractivity contribution in [2.45, 2.75) is 12.1 Å². The average molecular weight is 278 g/mol. The number of nitrogens with zero attached hydrogens (tertiary/aromatic N) is 4. The third kappa shape index (κ3) is 2.23. The van der Waals surface area contributed by atoms with Crippen LogP contribution in [0.5, 0.6) is 0 Å². The van der Waals surface area contributed by atoms with Gasteiger partial charge in [0, 0.05) is 31.5 Å². The molecule has 0 N–H and O–H groups in total. The average Bonchev–Trinajstić information content (AvgIpc) is 2.34. The fourth-order valence-corrected chi connectivity index (χ4v) is 2.45. The SMILES string of the molecule is COC(=O)c1nccnc1N1CC(N(C)C2COC2)C1. The zero-order chi connectivity index (χ0) is 14.1. The quantitative estimate of drug-likeness (QED) is 0.705. The molecule has 7 nitrogen and oxygen atoms in total. The molecule has 20 heavy (non-hydrogen) atoms. The third-order valence-electron chi connectivity index (χ3n) is 3.99. The van der Waals surface area contributed by atoms with Crippen LogP contribution in [0.15, 0.2) is 12.4 Å². The molecule has 0 aliphatic carbocycles. The van der Waals surface area contributed by atoms with Gasteiger partial charge in [0.2, 0.25) is 0 Å². The molecule has 2 aliphatic rings. The van der Waals surface area contributed by atoms with Gasteiger partial charge < -0.3 is 14.4 Å². The van der Waals surface area contributed by atoms with Crippen molar-refractivity contribution in [2.24, 2.45) is 0 Å². The molecule has 2 fully saturated rings. The highest BCUT2D eigenvalue weighted by molar-refractivity contribution is 5.92. The molecule has 0 spiro atoms. The number of carbonyl (C=O) groups is 1. The Labute approximate surface area is 117 Å². The normalized spacial score (nSPS) is 19.6. The van der Waals surface area contributed by atoms with Crippen LogP contribution < -0.4 is 4.90 Å². The summed E-state index contributed by atoms with van der Waals surface area (Å²) >= 11 is 0. The molecule has 0 atom stereocenters. The summed E-state index contributed by atoms with van der Waals surface area (Å²) in [4.78, 5) is 24.4. The first kappa shape index (κ1) is 13.3. The molecule has 0 bridgehead atoms. The second kappa shape index (κ2) is 5.34. The molecule has 7 heteroatoms. The Morgan fingerprint density at radius 2 is 2.05 bits per heavy atom. The predicted octanol–water partition coefficient (Wildman–Crippen LogP) is -0.218. The number of methoxy groups -OCH3 is 1. The number of anilines is 1. The first-order chi connectivity index (χ1) is 9.70. The van der Waals surface area contributed by atoms with E-state index in [1.54, 1.807) is 6.20 Å². The van der Waals surface area contributed by atoms with E-state index in [2.05, 4.69) is 26.8 Å². The van der Waals surface area contributed by atoms with Crippen LogP contribution >= 0.6 is 0 Å². The van der Waals surface area contributed by atoms with Gasteiger partial charge in [0.25, 0.3) is 0 Å². The van der Waals surface area contributed by atoms with Crippen molar-refractivity contribution in [1.29, 1.82) is 0 Å². The minimum absolute atomic E-state index is 0.281. The molecule has 2 saturated heterocycles. The molecule has 1 aromatic heterocycles. The Morgan fingerprint density at radius 3 is 2.65 bits per heavy atom. The van der Waals surface area contributed by atoms with Crippen LogP contribution in [-0.2, 0) is 9.47 Å². The summed E-state index contributed by atoms with van der Waals surface area (Å²) < 4.78 is 9.95. The molecule has 0 saturated carbocycles. The summed E-state index contributed by atoms with van der Waals surface area (Å²) in [6.45, 7) is 3.31. The lowest BCUT2D eigenvalue weighted by atomic mass is 10.0. The molecular weight excluding hydrogens is 260 g/mol. The Hall–Kier alpha value is -1.73. The van der Waals surface area contributed by atoms with Crippen molar-refractivity contribution < 1.29 is 14.3 Å². The molecular formula is C13H18N4O3. The highest BCUT2D eigenvalue weighted by Gasteiger charge is 2.38. The number of hydrogen-bond donors (Lipinski definition) is 0. The number of rotatable bonds is 4. The molecule has 1 aromatic rings. The lowest BCUT2D eigenvalue weighted by molar-refractivity contribution is -0.0724. The van der Waals surface area contributed by atoms with Crippen LogP contribution in [-0.4, -0.2) is 73.4 Å². The Balaban J connectivity index is 1.66. The van der Waals surface area contributed by atoms with Crippen LogP contribution in [0.2, 0.25) is 0 Å². The van der Waals surface area contributed by atoms with Crippen molar-refractivity contribution in [1.82, 2.24) is 14.9 Å². The maximum Gasteiger partial charge on any atom is 0.360 e. The van der Waals surface area contributed by atoms with Gasteiger partial charge in [0.15, 0.2) is 11.5 Å². The Kier molecular flexibility index (Phi) is 3.54. The van der Waals surface area contributed by atoms with Gasteiger partial charge in [-0.05, 0) is 7.05 Å². The number of carbonyl (C=O) groups excluding carboxylic acids is 1.